The Hall–Kier alpha value is -1.57. The third kappa shape index (κ3) is 2.17. The molecule has 1 unspecified atom stereocenters. The molecule has 0 spiro atoms. The van der Waals surface area contributed by atoms with Gasteiger partial charge in [0.05, 0.1) is 5.52 Å². The maximum absolute atomic E-state index is 13.1. The summed E-state index contributed by atoms with van der Waals surface area (Å²) < 4.78 is 68.8. The molecule has 2 aromatic rings. The van der Waals surface area contributed by atoms with Crippen LogP contribution in [0.4, 0.5) is 22.0 Å². The van der Waals surface area contributed by atoms with E-state index in [1.54, 1.807) is 0 Å². The van der Waals surface area contributed by atoms with Crippen LogP contribution in [0.3, 0.4) is 0 Å². The van der Waals surface area contributed by atoms with Crippen molar-refractivity contribution in [2.24, 2.45) is 7.05 Å². The average Bonchev–Trinajstić information content (AvgIpc) is 2.62. The summed E-state index contributed by atoms with van der Waals surface area (Å²) in [6.07, 6.45) is -5.77. The van der Waals surface area contributed by atoms with Gasteiger partial charge >= 0.3 is 17.9 Å². The highest BCUT2D eigenvalue weighted by Crippen LogP contribution is 2.48. The van der Waals surface area contributed by atoms with Crippen molar-refractivity contribution in [1.29, 1.82) is 0 Å². The lowest BCUT2D eigenvalue weighted by Crippen LogP contribution is -2.40. The molecule has 2 rings (SSSR count). The lowest BCUT2D eigenvalue weighted by molar-refractivity contribution is -0.283. The lowest BCUT2D eigenvalue weighted by Gasteiger charge is -2.24. The van der Waals surface area contributed by atoms with Crippen LogP contribution in [0.15, 0.2) is 27.4 Å². The van der Waals surface area contributed by atoms with Crippen LogP contribution in [-0.2, 0) is 7.05 Å². The molecule has 0 radical (unpaired) electrons. The Bertz CT molecular complexity index is 703. The zero-order valence-electron chi connectivity index (χ0n) is 9.84. The van der Waals surface area contributed by atoms with Crippen molar-refractivity contribution in [2.75, 3.05) is 0 Å². The number of nitrogens with zero attached hydrogens (tertiary/aromatic N) is 1. The zero-order chi connectivity index (χ0) is 15.3. The smallest absolute Gasteiger partial charge is 0.408 e. The van der Waals surface area contributed by atoms with Gasteiger partial charge in [0.2, 0.25) is 0 Å². The number of hydrogen-bond acceptors (Lipinski definition) is 2. The van der Waals surface area contributed by atoms with Crippen LogP contribution in [0.5, 0.6) is 0 Å². The van der Waals surface area contributed by atoms with Gasteiger partial charge in [-0.15, -0.1) is 11.6 Å². The average molecular weight is 316 g/mol. The Morgan fingerprint density at radius 3 is 2.40 bits per heavy atom. The van der Waals surface area contributed by atoms with Gasteiger partial charge < -0.3 is 4.42 Å². The Balaban J connectivity index is 2.51. The fourth-order valence-electron chi connectivity index (χ4n) is 1.66. The summed E-state index contributed by atoms with van der Waals surface area (Å²) in [5, 5.41) is -2.61. The first kappa shape index (κ1) is 14.8. The molecule has 1 atom stereocenters. The Kier molecular flexibility index (Phi) is 3.32. The topological polar surface area (TPSA) is 35.1 Å². The van der Waals surface area contributed by atoms with E-state index in [0.29, 0.717) is 0 Å². The summed E-state index contributed by atoms with van der Waals surface area (Å²) in [5.41, 5.74) is -0.340. The Morgan fingerprint density at radius 1 is 1.25 bits per heavy atom. The molecule has 1 aromatic heterocycles. The van der Waals surface area contributed by atoms with Crippen molar-refractivity contribution in [1.82, 2.24) is 4.57 Å². The minimum atomic E-state index is -5.77. The largest absolute Gasteiger partial charge is 0.455 e. The number of aryl methyl sites for hydroxylation is 1. The van der Waals surface area contributed by atoms with Gasteiger partial charge in [0.25, 0.3) is 0 Å². The summed E-state index contributed by atoms with van der Waals surface area (Å²) in [6.45, 7) is 0. The van der Waals surface area contributed by atoms with Gasteiger partial charge in [-0.05, 0) is 17.7 Å². The Morgan fingerprint density at radius 2 is 1.85 bits per heavy atom. The molecule has 0 saturated heterocycles. The van der Waals surface area contributed by atoms with Crippen LogP contribution in [0, 0.1) is 0 Å². The molecule has 0 bridgehead atoms. The number of alkyl halides is 6. The van der Waals surface area contributed by atoms with Crippen molar-refractivity contribution in [3.63, 3.8) is 0 Å². The highest BCUT2D eigenvalue weighted by Gasteiger charge is 2.62. The second kappa shape index (κ2) is 4.47. The first-order valence-electron chi connectivity index (χ1n) is 5.24. The molecule has 110 valence electrons. The number of oxazole rings is 1. The zero-order valence-corrected chi connectivity index (χ0v) is 10.6. The summed E-state index contributed by atoms with van der Waals surface area (Å²) in [4.78, 5) is 11.2. The van der Waals surface area contributed by atoms with Crippen molar-refractivity contribution < 1.29 is 26.4 Å². The van der Waals surface area contributed by atoms with Crippen LogP contribution < -0.4 is 5.76 Å². The summed E-state index contributed by atoms with van der Waals surface area (Å²) >= 11 is 5.23. The predicted molar refractivity (Wildman–Crippen MR) is 61.1 cm³/mol. The van der Waals surface area contributed by atoms with E-state index < -0.39 is 28.8 Å². The summed E-state index contributed by atoms with van der Waals surface area (Å²) in [7, 11) is 1.37. The predicted octanol–water partition coefficient (Wildman–Crippen LogP) is 3.61. The van der Waals surface area contributed by atoms with Gasteiger partial charge in [0.15, 0.2) is 5.58 Å². The van der Waals surface area contributed by atoms with Gasteiger partial charge in [-0.2, -0.15) is 22.0 Å². The maximum atomic E-state index is 13.1. The lowest BCUT2D eigenvalue weighted by atomic mass is 10.1. The molecule has 0 amide bonds. The van der Waals surface area contributed by atoms with E-state index in [2.05, 4.69) is 0 Å². The van der Waals surface area contributed by atoms with E-state index in [9.17, 15) is 26.7 Å². The van der Waals surface area contributed by atoms with Crippen molar-refractivity contribution >= 4 is 22.7 Å². The molecule has 0 saturated carbocycles. The van der Waals surface area contributed by atoms with E-state index in [1.165, 1.54) is 13.1 Å². The van der Waals surface area contributed by atoms with Gasteiger partial charge in [-0.3, -0.25) is 4.57 Å². The fraction of sp³-hybridized carbons (Fsp3) is 0.364. The summed E-state index contributed by atoms with van der Waals surface area (Å²) in [6, 6.07) is 3.08. The van der Waals surface area contributed by atoms with Crippen LogP contribution >= 0.6 is 11.6 Å². The van der Waals surface area contributed by atoms with Crippen LogP contribution in [0.25, 0.3) is 11.1 Å². The maximum Gasteiger partial charge on any atom is 0.455 e. The normalized spacial score (nSPS) is 14.8. The second-order valence-corrected chi connectivity index (χ2v) is 4.57. The molecule has 9 heteroatoms. The van der Waals surface area contributed by atoms with Gasteiger partial charge in [-0.1, -0.05) is 6.07 Å². The molecular formula is C11H7ClF5NO2. The molecule has 0 aliphatic rings. The minimum absolute atomic E-state index is 0.112. The third-order valence-electron chi connectivity index (χ3n) is 2.81. The van der Waals surface area contributed by atoms with Crippen molar-refractivity contribution in [3.8, 4) is 0 Å². The second-order valence-electron chi connectivity index (χ2n) is 4.14. The Labute approximate surface area is 113 Å². The molecule has 0 N–H and O–H groups in total. The monoisotopic (exact) mass is 315 g/mol. The van der Waals surface area contributed by atoms with E-state index in [-0.39, 0.29) is 11.1 Å². The SMILES string of the molecule is Cn1c(=O)oc2cc(C(Cl)C(F)(F)C(F)(F)F)ccc21. The van der Waals surface area contributed by atoms with E-state index in [1.807, 2.05) is 0 Å². The number of halogens is 6. The molecule has 1 aromatic carbocycles. The molecule has 0 aliphatic carbocycles. The molecule has 1 heterocycles. The first-order chi connectivity index (χ1) is 9.05. The number of benzene rings is 1. The van der Waals surface area contributed by atoms with Crippen LogP contribution in [-0.4, -0.2) is 16.7 Å². The number of aromatic nitrogens is 1. The van der Waals surface area contributed by atoms with Crippen LogP contribution in [0.1, 0.15) is 10.9 Å². The van der Waals surface area contributed by atoms with Crippen LogP contribution in [0.2, 0.25) is 0 Å². The highest BCUT2D eigenvalue weighted by molar-refractivity contribution is 6.21. The molecule has 0 fully saturated rings. The fourth-order valence-corrected chi connectivity index (χ4v) is 1.92. The van der Waals surface area contributed by atoms with Gasteiger partial charge in [0.1, 0.15) is 5.38 Å². The molecular weight excluding hydrogens is 309 g/mol. The number of fused-ring (bicyclic) bond motifs is 1. The highest BCUT2D eigenvalue weighted by atomic mass is 35.5. The quantitative estimate of drug-likeness (QED) is 0.627. The van der Waals surface area contributed by atoms with E-state index >= 15 is 0 Å². The number of hydrogen-bond donors (Lipinski definition) is 0. The first-order valence-corrected chi connectivity index (χ1v) is 5.67. The minimum Gasteiger partial charge on any atom is -0.408 e. The summed E-state index contributed by atoms with van der Waals surface area (Å²) in [5.74, 6) is -5.86. The van der Waals surface area contributed by atoms with Gasteiger partial charge in [-0.25, -0.2) is 4.79 Å². The van der Waals surface area contributed by atoms with Crippen molar-refractivity contribution in [2.45, 2.75) is 17.5 Å². The number of rotatable bonds is 2. The standard InChI is InChI=1S/C11H7ClF5NO2/c1-18-6-3-2-5(4-7(6)20-9(18)19)8(12)10(13,14)11(15,16)17/h2-4,8H,1H3. The van der Waals surface area contributed by atoms with Crippen molar-refractivity contribution in [3.05, 3.63) is 34.3 Å². The third-order valence-corrected chi connectivity index (χ3v) is 3.33. The van der Waals surface area contributed by atoms with E-state index in [4.69, 9.17) is 16.0 Å². The molecule has 0 aliphatic heterocycles. The van der Waals surface area contributed by atoms with Gasteiger partial charge in [0, 0.05) is 7.05 Å². The molecule has 20 heavy (non-hydrogen) atoms. The van der Waals surface area contributed by atoms with E-state index in [0.717, 1.165) is 16.7 Å². The molecule has 3 nitrogen and oxygen atoms in total.